The zero-order chi connectivity index (χ0) is 11.3. The van der Waals surface area contributed by atoms with Crippen LogP contribution >= 0.6 is 12.2 Å². The average Bonchev–Trinajstić information content (AvgIpc) is 2.26. The standard InChI is InChI=1S/C10H8N2O2S/c11-7-9(10(15)12(13)14)6-8-4-2-1-3-5-8/h1-6,13-14H. The average molecular weight is 220 g/mol. The van der Waals surface area contributed by atoms with Crippen LogP contribution in [-0.2, 0) is 0 Å². The highest BCUT2D eigenvalue weighted by molar-refractivity contribution is 7.80. The lowest BCUT2D eigenvalue weighted by Crippen LogP contribution is -2.22. The first-order chi connectivity index (χ1) is 7.15. The molecule has 0 radical (unpaired) electrons. The van der Waals surface area contributed by atoms with Gasteiger partial charge in [0.25, 0.3) is 0 Å². The van der Waals surface area contributed by atoms with E-state index >= 15 is 0 Å². The molecule has 0 aliphatic heterocycles. The molecular weight excluding hydrogens is 212 g/mol. The molecule has 0 heterocycles. The third kappa shape index (κ3) is 3.14. The van der Waals surface area contributed by atoms with Crippen molar-refractivity contribution < 1.29 is 10.4 Å². The van der Waals surface area contributed by atoms with Gasteiger partial charge in [-0.3, -0.25) is 10.4 Å². The third-order valence-corrected chi connectivity index (χ3v) is 2.03. The molecule has 15 heavy (non-hydrogen) atoms. The van der Waals surface area contributed by atoms with Crippen LogP contribution in [0.1, 0.15) is 5.56 Å². The highest BCUT2D eigenvalue weighted by atomic mass is 32.1. The molecule has 1 aromatic carbocycles. The fourth-order valence-electron chi connectivity index (χ4n) is 0.965. The van der Waals surface area contributed by atoms with Crippen molar-refractivity contribution in [2.24, 2.45) is 0 Å². The Labute approximate surface area is 92.2 Å². The Kier molecular flexibility index (Phi) is 3.94. The van der Waals surface area contributed by atoms with Crippen molar-refractivity contribution in [1.29, 1.82) is 5.26 Å². The Morgan fingerprint density at radius 2 is 1.93 bits per heavy atom. The van der Waals surface area contributed by atoms with Crippen molar-refractivity contribution in [2.45, 2.75) is 0 Å². The molecule has 0 bridgehead atoms. The van der Waals surface area contributed by atoms with E-state index in [2.05, 4.69) is 12.2 Å². The molecule has 0 aromatic heterocycles. The van der Waals surface area contributed by atoms with E-state index in [1.54, 1.807) is 30.3 Å². The number of benzene rings is 1. The van der Waals surface area contributed by atoms with Gasteiger partial charge in [0.05, 0.1) is 5.57 Å². The number of nitriles is 1. The summed E-state index contributed by atoms with van der Waals surface area (Å²) in [4.78, 5) is -0.332. The molecule has 0 fully saturated rings. The van der Waals surface area contributed by atoms with E-state index in [1.807, 2.05) is 6.07 Å². The van der Waals surface area contributed by atoms with Crippen LogP contribution in [-0.4, -0.2) is 20.6 Å². The largest absolute Gasteiger partial charge is 0.263 e. The fraction of sp³-hybridized carbons (Fsp3) is 0. The highest BCUT2D eigenvalue weighted by Gasteiger charge is 2.09. The number of rotatable bonds is 2. The van der Waals surface area contributed by atoms with Gasteiger partial charge in [0.1, 0.15) is 6.07 Å². The smallest absolute Gasteiger partial charge is 0.175 e. The Morgan fingerprint density at radius 3 is 2.40 bits per heavy atom. The van der Waals surface area contributed by atoms with E-state index in [0.29, 0.717) is 0 Å². The van der Waals surface area contributed by atoms with Crippen molar-refractivity contribution in [1.82, 2.24) is 5.23 Å². The first kappa shape index (κ1) is 11.3. The lowest BCUT2D eigenvalue weighted by Gasteiger charge is -2.07. The van der Waals surface area contributed by atoms with Gasteiger partial charge < -0.3 is 0 Å². The minimum Gasteiger partial charge on any atom is -0.263 e. The first-order valence-corrected chi connectivity index (χ1v) is 4.45. The van der Waals surface area contributed by atoms with Gasteiger partial charge >= 0.3 is 0 Å². The van der Waals surface area contributed by atoms with Crippen LogP contribution in [0.3, 0.4) is 0 Å². The summed E-state index contributed by atoms with van der Waals surface area (Å²) in [5.74, 6) is 0. The molecule has 5 heteroatoms. The van der Waals surface area contributed by atoms with Crippen molar-refractivity contribution >= 4 is 23.3 Å². The maximum absolute atomic E-state index is 8.75. The van der Waals surface area contributed by atoms with Crippen molar-refractivity contribution in [3.63, 3.8) is 0 Å². The maximum atomic E-state index is 8.75. The predicted molar refractivity (Wildman–Crippen MR) is 58.0 cm³/mol. The van der Waals surface area contributed by atoms with Crippen LogP contribution in [0.15, 0.2) is 35.9 Å². The van der Waals surface area contributed by atoms with E-state index in [-0.39, 0.29) is 15.8 Å². The molecular formula is C10H8N2O2S. The first-order valence-electron chi connectivity index (χ1n) is 4.04. The van der Waals surface area contributed by atoms with E-state index in [9.17, 15) is 0 Å². The highest BCUT2D eigenvalue weighted by Crippen LogP contribution is 2.08. The Balaban J connectivity index is 3.00. The molecule has 0 unspecified atom stereocenters. The van der Waals surface area contributed by atoms with E-state index in [0.717, 1.165) is 5.56 Å². The van der Waals surface area contributed by atoms with Crippen LogP contribution in [0.25, 0.3) is 6.08 Å². The Bertz CT molecular complexity index is 421. The Hall–Kier alpha value is -1.74. The second-order valence-electron chi connectivity index (χ2n) is 2.68. The zero-order valence-electron chi connectivity index (χ0n) is 7.66. The molecule has 76 valence electrons. The van der Waals surface area contributed by atoms with Gasteiger partial charge in [-0.25, -0.2) is 0 Å². The van der Waals surface area contributed by atoms with E-state index in [4.69, 9.17) is 15.7 Å². The van der Waals surface area contributed by atoms with Crippen molar-refractivity contribution in [2.75, 3.05) is 0 Å². The molecule has 1 aromatic rings. The zero-order valence-corrected chi connectivity index (χ0v) is 8.48. The monoisotopic (exact) mass is 220 g/mol. The summed E-state index contributed by atoms with van der Waals surface area (Å²) >= 11 is 4.63. The van der Waals surface area contributed by atoms with Crippen LogP contribution in [0.5, 0.6) is 0 Å². The number of hydroxylamine groups is 2. The molecule has 0 spiro atoms. The molecule has 0 amide bonds. The minimum atomic E-state index is -0.332. The lowest BCUT2D eigenvalue weighted by molar-refractivity contribution is -0.241. The third-order valence-electron chi connectivity index (χ3n) is 1.64. The molecule has 2 N–H and O–H groups in total. The molecule has 0 atom stereocenters. The van der Waals surface area contributed by atoms with E-state index in [1.165, 1.54) is 6.08 Å². The molecule has 0 aliphatic rings. The van der Waals surface area contributed by atoms with Crippen molar-refractivity contribution in [3.8, 4) is 6.07 Å². The molecule has 0 saturated heterocycles. The minimum absolute atomic E-state index is 0.0150. The van der Waals surface area contributed by atoms with Gasteiger partial charge in [0, 0.05) is 0 Å². The Morgan fingerprint density at radius 1 is 1.33 bits per heavy atom. The number of hydrogen-bond acceptors (Lipinski definition) is 4. The number of thiocarbonyl (C=S) groups is 1. The van der Waals surface area contributed by atoms with E-state index < -0.39 is 0 Å². The van der Waals surface area contributed by atoms with Crippen LogP contribution in [0.2, 0.25) is 0 Å². The van der Waals surface area contributed by atoms with Crippen molar-refractivity contribution in [3.05, 3.63) is 41.5 Å². The summed E-state index contributed by atoms with van der Waals surface area (Å²) < 4.78 is 0. The van der Waals surface area contributed by atoms with Gasteiger partial charge in [0.2, 0.25) is 0 Å². The molecule has 4 nitrogen and oxygen atoms in total. The summed E-state index contributed by atoms with van der Waals surface area (Å²) in [5, 5.41) is 25.8. The van der Waals surface area contributed by atoms with Gasteiger partial charge in [-0.1, -0.05) is 42.5 Å². The molecule has 0 aliphatic carbocycles. The second-order valence-corrected chi connectivity index (χ2v) is 3.06. The molecule has 1 rings (SSSR count). The maximum Gasteiger partial charge on any atom is 0.175 e. The summed E-state index contributed by atoms with van der Waals surface area (Å²) in [6.45, 7) is 0. The van der Waals surface area contributed by atoms with Gasteiger partial charge in [-0.15, -0.1) is 5.23 Å². The second kappa shape index (κ2) is 5.22. The van der Waals surface area contributed by atoms with Crippen LogP contribution in [0.4, 0.5) is 0 Å². The van der Waals surface area contributed by atoms with Gasteiger partial charge in [-0.05, 0) is 11.6 Å². The number of nitrogens with zero attached hydrogens (tertiary/aromatic N) is 2. The fourth-order valence-corrected chi connectivity index (χ4v) is 1.07. The summed E-state index contributed by atoms with van der Waals surface area (Å²) in [5.41, 5.74) is 0.777. The SMILES string of the molecule is N#CC(=Cc1ccccc1)C(=S)N(O)O. The quantitative estimate of drug-likeness (QED) is 0.345. The summed E-state index contributed by atoms with van der Waals surface area (Å²) in [6.07, 6.45) is 1.47. The predicted octanol–water partition coefficient (Wildman–Crippen LogP) is 2.00. The summed E-state index contributed by atoms with van der Waals surface area (Å²) in [7, 11) is 0. The summed E-state index contributed by atoms with van der Waals surface area (Å²) in [6, 6.07) is 10.8. The topological polar surface area (TPSA) is 67.5 Å². The normalized spacial score (nSPS) is 10.6. The molecule has 0 saturated carbocycles. The number of hydrogen-bond donors (Lipinski definition) is 2. The van der Waals surface area contributed by atoms with Gasteiger partial charge in [-0.2, -0.15) is 5.26 Å². The van der Waals surface area contributed by atoms with Crippen LogP contribution in [0, 0.1) is 11.3 Å². The lowest BCUT2D eigenvalue weighted by atomic mass is 10.1. The van der Waals surface area contributed by atoms with Gasteiger partial charge in [0.15, 0.2) is 4.99 Å². The van der Waals surface area contributed by atoms with Crippen LogP contribution < -0.4 is 0 Å².